The van der Waals surface area contributed by atoms with Crippen LogP contribution in [0.4, 0.5) is 4.79 Å². The van der Waals surface area contributed by atoms with Crippen molar-refractivity contribution in [2.24, 2.45) is 0 Å². The van der Waals surface area contributed by atoms with E-state index in [0.29, 0.717) is 18.6 Å². The van der Waals surface area contributed by atoms with Crippen LogP contribution in [-0.2, 0) is 33.8 Å². The van der Waals surface area contributed by atoms with E-state index in [2.05, 4.69) is 17.4 Å². The van der Waals surface area contributed by atoms with Gasteiger partial charge in [-0.05, 0) is 48.1 Å². The molecule has 0 aliphatic carbocycles. The van der Waals surface area contributed by atoms with Gasteiger partial charge in [0.15, 0.2) is 5.78 Å². The minimum absolute atomic E-state index is 0.00556. The van der Waals surface area contributed by atoms with Crippen molar-refractivity contribution in [1.82, 2.24) is 10.2 Å². The number of ether oxygens (including phenoxy) is 1. The van der Waals surface area contributed by atoms with Crippen molar-refractivity contribution in [2.45, 2.75) is 56.9 Å². The van der Waals surface area contributed by atoms with E-state index >= 15 is 0 Å². The predicted octanol–water partition coefficient (Wildman–Crippen LogP) is 4.81. The van der Waals surface area contributed by atoms with Crippen LogP contribution < -0.4 is 5.32 Å². The molecule has 1 saturated heterocycles. The van der Waals surface area contributed by atoms with Crippen LogP contribution in [0.25, 0.3) is 0 Å². The van der Waals surface area contributed by atoms with Gasteiger partial charge in [-0.2, -0.15) is 11.8 Å². The van der Waals surface area contributed by atoms with Crippen LogP contribution >= 0.6 is 11.8 Å². The third-order valence-electron chi connectivity index (χ3n) is 7.13. The van der Waals surface area contributed by atoms with Crippen LogP contribution in [0.5, 0.6) is 0 Å². The highest BCUT2D eigenvalue weighted by atomic mass is 32.2. The summed E-state index contributed by atoms with van der Waals surface area (Å²) in [6.45, 7) is 0.0753. The van der Waals surface area contributed by atoms with Gasteiger partial charge in [-0.15, -0.1) is 0 Å². The Morgan fingerprint density at radius 2 is 1.46 bits per heavy atom. The summed E-state index contributed by atoms with van der Waals surface area (Å²) in [5, 5.41) is 13.2. The number of rotatable bonds is 14. The van der Waals surface area contributed by atoms with Crippen molar-refractivity contribution in [1.29, 1.82) is 0 Å². The Balaban J connectivity index is 1.33. The highest BCUT2D eigenvalue weighted by Crippen LogP contribution is 2.21. The maximum Gasteiger partial charge on any atom is 0.410 e. The molecule has 0 radical (unpaired) electrons. The summed E-state index contributed by atoms with van der Waals surface area (Å²) in [6, 6.07) is 27.8. The number of likely N-dealkylation sites (tertiary alicyclic amines) is 1. The lowest BCUT2D eigenvalue weighted by Gasteiger charge is -2.25. The number of benzene rings is 3. The van der Waals surface area contributed by atoms with Gasteiger partial charge in [-0.25, -0.2) is 4.79 Å². The molecule has 8 heteroatoms. The van der Waals surface area contributed by atoms with E-state index in [1.807, 2.05) is 78.9 Å². The standard InChI is InChI=1S/C33H38N2O5S/c36-28-21-30(35(22-28)33(39)40-23-27-15-8-3-9-16-27)32(38)34-29(19-18-26-13-6-2-7-14-26)31(37)24-41-20-10-17-25-11-4-1-5-12-25/h1-9,11-16,28-30,36H,10,17-24H2,(H,34,38)/t28-,29+,30+/m1/s1. The van der Waals surface area contributed by atoms with Crippen LogP contribution in [-0.4, -0.2) is 64.0 Å². The number of carbonyl (C=O) groups is 3. The summed E-state index contributed by atoms with van der Waals surface area (Å²) in [5.41, 5.74) is 3.19. The largest absolute Gasteiger partial charge is 0.445 e. The zero-order valence-electron chi connectivity index (χ0n) is 23.2. The van der Waals surface area contributed by atoms with Crippen molar-refractivity contribution in [3.63, 3.8) is 0 Å². The van der Waals surface area contributed by atoms with Gasteiger partial charge in [0.05, 0.1) is 24.4 Å². The number of aliphatic hydroxyl groups excluding tert-OH is 1. The van der Waals surface area contributed by atoms with Gasteiger partial charge in [0.2, 0.25) is 5.91 Å². The van der Waals surface area contributed by atoms with Crippen molar-refractivity contribution in [3.8, 4) is 0 Å². The monoisotopic (exact) mass is 574 g/mol. The zero-order chi connectivity index (χ0) is 28.9. The normalized spacial score (nSPS) is 17.1. The second-order valence-corrected chi connectivity index (χ2v) is 11.4. The zero-order valence-corrected chi connectivity index (χ0v) is 24.0. The molecule has 2 amide bonds. The lowest BCUT2D eigenvalue weighted by atomic mass is 10.0. The maximum atomic E-state index is 13.4. The second-order valence-electron chi connectivity index (χ2n) is 10.3. The van der Waals surface area contributed by atoms with Crippen LogP contribution in [0.1, 0.15) is 36.0 Å². The fourth-order valence-corrected chi connectivity index (χ4v) is 5.80. The Kier molecular flexibility index (Phi) is 11.8. The molecule has 2 N–H and O–H groups in total. The van der Waals surface area contributed by atoms with Crippen LogP contribution in [0.2, 0.25) is 0 Å². The fraction of sp³-hybridized carbons (Fsp3) is 0.364. The summed E-state index contributed by atoms with van der Waals surface area (Å²) in [5.74, 6) is 0.648. The van der Waals surface area contributed by atoms with Crippen LogP contribution in [0.3, 0.4) is 0 Å². The van der Waals surface area contributed by atoms with Gasteiger partial charge in [-0.1, -0.05) is 91.0 Å². The molecule has 0 unspecified atom stereocenters. The highest BCUT2D eigenvalue weighted by molar-refractivity contribution is 7.99. The average molecular weight is 575 g/mol. The molecule has 0 aromatic heterocycles. The molecule has 1 aliphatic heterocycles. The number of β-amino-alcohol motifs (C(OH)–C–C–N with tert-alkyl or cyclic N) is 1. The number of hydrogen-bond acceptors (Lipinski definition) is 6. The summed E-state index contributed by atoms with van der Waals surface area (Å²) in [4.78, 5) is 40.8. The molecule has 3 aromatic carbocycles. The number of carbonyl (C=O) groups excluding carboxylic acids is 3. The van der Waals surface area contributed by atoms with Gasteiger partial charge in [0, 0.05) is 6.42 Å². The molecule has 41 heavy (non-hydrogen) atoms. The first-order valence-electron chi connectivity index (χ1n) is 14.1. The molecule has 1 heterocycles. The van der Waals surface area contributed by atoms with Crippen molar-refractivity contribution in [2.75, 3.05) is 18.1 Å². The summed E-state index contributed by atoms with van der Waals surface area (Å²) in [6.07, 6.45) is 1.60. The fourth-order valence-electron chi connectivity index (χ4n) is 4.90. The van der Waals surface area contributed by atoms with Gasteiger partial charge in [0.1, 0.15) is 12.6 Å². The average Bonchev–Trinajstić information content (AvgIpc) is 3.41. The number of nitrogens with one attached hydrogen (secondary N) is 1. The van der Waals surface area contributed by atoms with E-state index < -0.39 is 30.2 Å². The third kappa shape index (κ3) is 9.76. The molecule has 3 atom stereocenters. The van der Waals surface area contributed by atoms with E-state index in [-0.39, 0.29) is 25.4 Å². The Bertz CT molecular complexity index is 1240. The lowest BCUT2D eigenvalue weighted by Crippen LogP contribution is -2.51. The van der Waals surface area contributed by atoms with Gasteiger partial charge >= 0.3 is 6.09 Å². The van der Waals surface area contributed by atoms with Crippen molar-refractivity contribution < 1.29 is 24.2 Å². The van der Waals surface area contributed by atoms with Crippen LogP contribution in [0, 0.1) is 0 Å². The Morgan fingerprint density at radius 3 is 2.10 bits per heavy atom. The summed E-state index contributed by atoms with van der Waals surface area (Å²) < 4.78 is 5.43. The molecule has 4 rings (SSSR count). The first-order chi connectivity index (χ1) is 20.0. The molecule has 0 saturated carbocycles. The molecule has 1 fully saturated rings. The summed E-state index contributed by atoms with van der Waals surface area (Å²) in [7, 11) is 0. The number of aliphatic hydroxyl groups is 1. The van der Waals surface area contributed by atoms with E-state index in [4.69, 9.17) is 4.74 Å². The van der Waals surface area contributed by atoms with E-state index in [1.165, 1.54) is 10.5 Å². The minimum Gasteiger partial charge on any atom is -0.445 e. The minimum atomic E-state index is -0.904. The van der Waals surface area contributed by atoms with Crippen molar-refractivity contribution >= 4 is 29.5 Å². The van der Waals surface area contributed by atoms with E-state index in [0.717, 1.165) is 29.7 Å². The first kappa shape index (κ1) is 30.3. The number of aryl methyl sites for hydroxylation is 2. The number of nitrogens with zero attached hydrogens (tertiary/aromatic N) is 1. The molecule has 3 aromatic rings. The lowest BCUT2D eigenvalue weighted by molar-refractivity contribution is -0.129. The number of ketones is 1. The number of thioether (sulfide) groups is 1. The predicted molar refractivity (Wildman–Crippen MR) is 162 cm³/mol. The molecule has 216 valence electrons. The Hall–Kier alpha value is -3.62. The van der Waals surface area contributed by atoms with Gasteiger partial charge in [0.25, 0.3) is 0 Å². The molecule has 7 nitrogen and oxygen atoms in total. The van der Waals surface area contributed by atoms with Gasteiger partial charge < -0.3 is 15.2 Å². The molecule has 0 spiro atoms. The molecular formula is C33H38N2O5S. The molecular weight excluding hydrogens is 536 g/mol. The Morgan fingerprint density at radius 1 is 0.878 bits per heavy atom. The molecule has 0 bridgehead atoms. The first-order valence-corrected chi connectivity index (χ1v) is 15.3. The number of amides is 2. The number of hydrogen-bond donors (Lipinski definition) is 2. The third-order valence-corrected chi connectivity index (χ3v) is 8.20. The second kappa shape index (κ2) is 16.0. The van der Waals surface area contributed by atoms with Crippen LogP contribution in [0.15, 0.2) is 91.0 Å². The Labute approximate surface area is 246 Å². The SMILES string of the molecule is O=C(CSCCCc1ccccc1)[C@H](CCc1ccccc1)NC(=O)[C@@H]1C[C@@H](O)CN1C(=O)OCc1ccccc1. The topological polar surface area (TPSA) is 95.9 Å². The molecule has 1 aliphatic rings. The van der Waals surface area contributed by atoms with E-state index in [1.54, 1.807) is 11.8 Å². The highest BCUT2D eigenvalue weighted by Gasteiger charge is 2.40. The smallest absolute Gasteiger partial charge is 0.410 e. The maximum absolute atomic E-state index is 13.4. The van der Waals surface area contributed by atoms with Crippen molar-refractivity contribution in [3.05, 3.63) is 108 Å². The van der Waals surface area contributed by atoms with E-state index in [9.17, 15) is 19.5 Å². The number of Topliss-reactive ketones (excluding diaryl/α,β-unsaturated/α-hetero) is 1. The van der Waals surface area contributed by atoms with Gasteiger partial charge in [-0.3, -0.25) is 14.5 Å². The summed E-state index contributed by atoms with van der Waals surface area (Å²) >= 11 is 1.57. The quantitative estimate of drug-likeness (QED) is 0.268.